The molecule has 1 spiro atoms. The first kappa shape index (κ1) is 24.1. The molecule has 2 N–H and O–H groups in total. The molecule has 0 unspecified atom stereocenters. The van der Waals surface area contributed by atoms with Crippen molar-refractivity contribution in [2.45, 2.75) is 57.2 Å². The summed E-state index contributed by atoms with van der Waals surface area (Å²) in [4.78, 5) is 21.1. The largest absolute Gasteiger partial charge is 0.433 e. The van der Waals surface area contributed by atoms with Crippen LogP contribution in [0, 0.1) is 5.41 Å². The van der Waals surface area contributed by atoms with Crippen LogP contribution in [-0.4, -0.2) is 34.2 Å². The molecule has 0 radical (unpaired) electrons. The molecule has 35 heavy (non-hydrogen) atoms. The third-order valence-electron chi connectivity index (χ3n) is 6.94. The topological polar surface area (TPSA) is 84.3 Å². The summed E-state index contributed by atoms with van der Waals surface area (Å²) in [6, 6.07) is 6.66. The molecule has 186 valence electrons. The Balaban J connectivity index is 1.44. The Kier molecular flexibility index (Phi) is 5.89. The number of amides is 1. The second kappa shape index (κ2) is 8.53. The van der Waals surface area contributed by atoms with Crippen molar-refractivity contribution in [2.24, 2.45) is 5.41 Å². The summed E-state index contributed by atoms with van der Waals surface area (Å²) in [5.41, 5.74) is -1.00. The summed E-state index contributed by atoms with van der Waals surface area (Å²) in [5, 5.41) is 14.4. The number of alkyl halides is 3. The van der Waals surface area contributed by atoms with Crippen LogP contribution in [0.5, 0.6) is 0 Å². The van der Waals surface area contributed by atoms with Gasteiger partial charge in [-0.15, -0.1) is 11.3 Å². The number of nitrogens with one attached hydrogen (secondary N) is 1. The van der Waals surface area contributed by atoms with Crippen molar-refractivity contribution in [2.75, 3.05) is 18.5 Å². The highest BCUT2D eigenvalue weighted by atomic mass is 32.1. The number of rotatable bonds is 4. The zero-order valence-electron chi connectivity index (χ0n) is 19.4. The average molecular weight is 506 g/mol. The lowest BCUT2D eigenvalue weighted by atomic mass is 9.69. The van der Waals surface area contributed by atoms with E-state index in [2.05, 4.69) is 10.3 Å². The van der Waals surface area contributed by atoms with E-state index in [0.717, 1.165) is 66.3 Å². The van der Waals surface area contributed by atoms with Gasteiger partial charge in [-0.05, 0) is 63.8 Å². The molecule has 1 aliphatic carbocycles. The molecule has 2 fully saturated rings. The fourth-order valence-corrected chi connectivity index (χ4v) is 6.00. The van der Waals surface area contributed by atoms with Crippen LogP contribution in [0.2, 0.25) is 0 Å². The van der Waals surface area contributed by atoms with Gasteiger partial charge in [-0.25, -0.2) is 9.97 Å². The number of thiazole rings is 1. The van der Waals surface area contributed by atoms with E-state index in [0.29, 0.717) is 22.6 Å². The van der Waals surface area contributed by atoms with E-state index < -0.39 is 23.4 Å². The smallest absolute Gasteiger partial charge is 0.386 e. The summed E-state index contributed by atoms with van der Waals surface area (Å²) < 4.78 is 45.4. The van der Waals surface area contributed by atoms with Gasteiger partial charge in [0.25, 0.3) is 5.91 Å². The Hall–Kier alpha value is -2.56. The number of benzene rings is 1. The Morgan fingerprint density at radius 3 is 2.49 bits per heavy atom. The zero-order chi connectivity index (χ0) is 25.0. The third kappa shape index (κ3) is 4.79. The molecule has 2 aliphatic rings. The number of ether oxygens (including phenoxy) is 1. The van der Waals surface area contributed by atoms with Gasteiger partial charge in [0.2, 0.25) is 0 Å². The number of aromatic nitrogens is 2. The summed E-state index contributed by atoms with van der Waals surface area (Å²) in [5.74, 6) is -0.428. The maximum atomic E-state index is 13.0. The van der Waals surface area contributed by atoms with Gasteiger partial charge in [0.15, 0.2) is 0 Å². The quantitative estimate of drug-likeness (QED) is 0.464. The number of anilines is 1. The van der Waals surface area contributed by atoms with E-state index in [4.69, 9.17) is 9.72 Å². The molecule has 2 aromatic heterocycles. The first-order chi connectivity index (χ1) is 16.4. The summed E-state index contributed by atoms with van der Waals surface area (Å²) in [7, 11) is 0. The number of carbonyl (C=O) groups excluding carboxylic acids is 1. The summed E-state index contributed by atoms with van der Waals surface area (Å²) in [6.45, 7) is 4.86. The first-order valence-corrected chi connectivity index (χ1v) is 12.4. The van der Waals surface area contributed by atoms with E-state index in [9.17, 15) is 23.1 Å². The fraction of sp³-hybridized carbons (Fsp3) is 0.480. The molecule has 3 aromatic rings. The van der Waals surface area contributed by atoms with Crippen LogP contribution in [0.25, 0.3) is 10.2 Å². The van der Waals surface area contributed by atoms with Crippen LogP contribution in [0.1, 0.15) is 72.2 Å². The molecule has 6 nitrogen and oxygen atoms in total. The van der Waals surface area contributed by atoms with Crippen LogP contribution in [-0.2, 0) is 16.5 Å². The van der Waals surface area contributed by atoms with Crippen molar-refractivity contribution in [1.29, 1.82) is 0 Å². The zero-order valence-corrected chi connectivity index (χ0v) is 20.2. The van der Waals surface area contributed by atoms with Crippen LogP contribution in [0.15, 0.2) is 30.3 Å². The molecule has 1 aromatic carbocycles. The molecule has 3 heterocycles. The third-order valence-corrected chi connectivity index (χ3v) is 8.12. The van der Waals surface area contributed by atoms with Gasteiger partial charge < -0.3 is 15.2 Å². The molecule has 0 atom stereocenters. The van der Waals surface area contributed by atoms with E-state index in [1.54, 1.807) is 37.3 Å². The standard InChI is InChI=1S/C25H26F3N3O3S/c1-23(2,33)15-10-18-19(35-22(31-18)14-6-8-24(9-7-14)12-34-13-24)11-17(15)30-21(32)16-4-3-5-20(29-16)25(26,27)28/h3-5,10-11,14,33H,6-9,12-13H2,1-2H3,(H,30,32). The SMILES string of the molecule is CC(C)(O)c1cc2nc(C3CCC4(CC3)COC4)sc2cc1NC(=O)c1cccc(C(F)(F)F)n1. The molecule has 1 amide bonds. The fourth-order valence-electron chi connectivity index (χ4n) is 4.84. The van der Waals surface area contributed by atoms with E-state index >= 15 is 0 Å². The van der Waals surface area contributed by atoms with Crippen molar-refractivity contribution < 1.29 is 27.8 Å². The van der Waals surface area contributed by atoms with Crippen molar-refractivity contribution in [3.05, 3.63) is 52.3 Å². The molecule has 5 rings (SSSR count). The van der Waals surface area contributed by atoms with Crippen LogP contribution < -0.4 is 5.32 Å². The second-order valence-corrected chi connectivity index (χ2v) is 11.2. The molecule has 1 aliphatic heterocycles. The van der Waals surface area contributed by atoms with Crippen molar-refractivity contribution in [3.8, 4) is 0 Å². The Bertz CT molecular complexity index is 1270. The van der Waals surface area contributed by atoms with Crippen LogP contribution in [0.3, 0.4) is 0 Å². The van der Waals surface area contributed by atoms with Crippen molar-refractivity contribution >= 4 is 33.1 Å². The molecule has 0 bridgehead atoms. The minimum atomic E-state index is -4.66. The maximum absolute atomic E-state index is 13.0. The summed E-state index contributed by atoms with van der Waals surface area (Å²) >= 11 is 1.55. The highest BCUT2D eigenvalue weighted by molar-refractivity contribution is 7.18. The van der Waals surface area contributed by atoms with Gasteiger partial charge in [0.05, 0.1) is 34.0 Å². The number of fused-ring (bicyclic) bond motifs is 1. The number of hydrogen-bond donors (Lipinski definition) is 2. The second-order valence-electron chi connectivity index (χ2n) is 10.1. The molecule has 10 heteroatoms. The van der Waals surface area contributed by atoms with Gasteiger partial charge in [-0.2, -0.15) is 13.2 Å². The highest BCUT2D eigenvalue weighted by Gasteiger charge is 2.42. The maximum Gasteiger partial charge on any atom is 0.433 e. The molecular weight excluding hydrogens is 479 g/mol. The average Bonchev–Trinajstić information content (AvgIpc) is 3.19. The van der Waals surface area contributed by atoms with Crippen molar-refractivity contribution in [1.82, 2.24) is 9.97 Å². The molecule has 1 saturated carbocycles. The summed E-state index contributed by atoms with van der Waals surface area (Å²) in [6.07, 6.45) is -0.322. The lowest BCUT2D eigenvalue weighted by Gasteiger charge is -2.46. The van der Waals surface area contributed by atoms with E-state index in [1.807, 2.05) is 0 Å². The number of hydrogen-bond acceptors (Lipinski definition) is 6. The number of carbonyl (C=O) groups is 1. The molecule has 1 saturated heterocycles. The monoisotopic (exact) mass is 505 g/mol. The Morgan fingerprint density at radius 1 is 1.17 bits per heavy atom. The van der Waals surface area contributed by atoms with Gasteiger partial charge in [-0.3, -0.25) is 4.79 Å². The van der Waals surface area contributed by atoms with Gasteiger partial charge >= 0.3 is 6.18 Å². The predicted octanol–water partition coefficient (Wildman–Crippen LogP) is 5.86. The van der Waals surface area contributed by atoms with Crippen molar-refractivity contribution in [3.63, 3.8) is 0 Å². The lowest BCUT2D eigenvalue weighted by Crippen LogP contribution is -2.44. The minimum absolute atomic E-state index is 0.318. The van der Waals surface area contributed by atoms with Gasteiger partial charge in [-0.1, -0.05) is 6.07 Å². The number of aliphatic hydroxyl groups is 1. The number of nitrogens with zero attached hydrogens (tertiary/aromatic N) is 2. The lowest BCUT2D eigenvalue weighted by molar-refractivity contribution is -0.141. The van der Waals surface area contributed by atoms with E-state index in [1.165, 1.54) is 6.07 Å². The Labute approximate surface area is 204 Å². The van der Waals surface area contributed by atoms with Crippen LogP contribution in [0.4, 0.5) is 18.9 Å². The first-order valence-electron chi connectivity index (χ1n) is 11.5. The Morgan fingerprint density at radius 2 is 1.89 bits per heavy atom. The number of halogens is 3. The van der Waals surface area contributed by atoms with Gasteiger partial charge in [0, 0.05) is 22.6 Å². The van der Waals surface area contributed by atoms with Crippen LogP contribution >= 0.6 is 11.3 Å². The minimum Gasteiger partial charge on any atom is -0.386 e. The van der Waals surface area contributed by atoms with Gasteiger partial charge in [0.1, 0.15) is 11.4 Å². The number of pyridine rings is 1. The van der Waals surface area contributed by atoms with E-state index in [-0.39, 0.29) is 5.69 Å². The predicted molar refractivity (Wildman–Crippen MR) is 127 cm³/mol. The molecular formula is C25H26F3N3O3S. The normalized spacial score (nSPS) is 18.6. The highest BCUT2D eigenvalue weighted by Crippen LogP contribution is 2.48.